The number of thiophene rings is 1. The maximum Gasteiger partial charge on any atom is 0.271 e. The number of fused-ring (bicyclic) bond motifs is 3. The first-order valence-electron chi connectivity index (χ1n) is 10.6. The third-order valence-corrected chi connectivity index (χ3v) is 8.53. The zero-order valence-corrected chi connectivity index (χ0v) is 22.8. The highest BCUT2D eigenvalue weighted by Gasteiger charge is 2.20. The lowest BCUT2D eigenvalue weighted by Gasteiger charge is -2.11. The molecule has 0 bridgehead atoms. The summed E-state index contributed by atoms with van der Waals surface area (Å²) in [5, 5.41) is 14.6. The number of hydrogen-bond donors (Lipinski definition) is 2. The molecule has 2 N–H and O–H groups in total. The fraction of sp³-hybridized carbons (Fsp3) is 0.167. The van der Waals surface area contributed by atoms with E-state index in [1.165, 1.54) is 22.0 Å². The smallest absolute Gasteiger partial charge is 0.271 e. The number of hydrogen-bond acceptors (Lipinski definition) is 6. The Bertz CT molecular complexity index is 1500. The molecule has 0 spiro atoms. The number of phenolic OH excluding ortho intramolecular Hbond substituents is 1. The van der Waals surface area contributed by atoms with Gasteiger partial charge in [-0.25, -0.2) is 10.4 Å². The first-order chi connectivity index (χ1) is 16.4. The number of nitrogens with zero attached hydrogens (tertiary/aromatic N) is 3. The number of aryl methyl sites for hydroxylation is 2. The van der Waals surface area contributed by atoms with Gasteiger partial charge in [-0.15, -0.1) is 11.3 Å². The van der Waals surface area contributed by atoms with Gasteiger partial charge >= 0.3 is 0 Å². The lowest BCUT2D eigenvalue weighted by atomic mass is 9.97. The topological polar surface area (TPSA) is 96.6 Å². The Morgan fingerprint density at radius 3 is 2.74 bits per heavy atom. The van der Waals surface area contributed by atoms with Crippen LogP contribution in [0.15, 0.2) is 52.6 Å². The van der Waals surface area contributed by atoms with E-state index in [0.717, 1.165) is 41.6 Å². The molecule has 7 nitrogen and oxygen atoms in total. The molecule has 0 aliphatic heterocycles. The Labute approximate surface area is 226 Å². The second-order valence-electron chi connectivity index (χ2n) is 7.89. The van der Waals surface area contributed by atoms with Crippen molar-refractivity contribution in [1.29, 1.82) is 0 Å². The van der Waals surface area contributed by atoms with E-state index in [1.807, 2.05) is 45.2 Å². The van der Waals surface area contributed by atoms with Gasteiger partial charge in [0.05, 0.1) is 24.4 Å². The van der Waals surface area contributed by atoms with Crippen LogP contribution in [0.4, 0.5) is 0 Å². The maximum absolute atomic E-state index is 13.3. The molecule has 1 aliphatic carbocycles. The molecular formula is C24H18I2N4O3S. The minimum atomic E-state index is -0.392. The standard InChI is InChI=1S/C24H18I2N4O3S/c25-17-8-13(9-18(26)21(17)31)11-28-29-22(32)14-4-3-5-15(10-14)30-12-27-23-20(24(30)33)16-6-1-2-7-19(16)34-23/h3-5,8-12,31H,1-2,6-7H2,(H,29,32)/b28-11+. The van der Waals surface area contributed by atoms with Gasteiger partial charge in [0.25, 0.3) is 11.5 Å². The summed E-state index contributed by atoms with van der Waals surface area (Å²) in [6.07, 6.45) is 7.22. The van der Waals surface area contributed by atoms with Gasteiger partial charge in [-0.05, 0) is 112 Å². The summed E-state index contributed by atoms with van der Waals surface area (Å²) in [6.45, 7) is 0. The average Bonchev–Trinajstić information content (AvgIpc) is 3.22. The van der Waals surface area contributed by atoms with Crippen molar-refractivity contribution in [3.05, 3.63) is 81.8 Å². The summed E-state index contributed by atoms with van der Waals surface area (Å²) in [7, 11) is 0. The maximum atomic E-state index is 13.3. The van der Waals surface area contributed by atoms with Crippen molar-refractivity contribution < 1.29 is 9.90 Å². The molecule has 1 aliphatic rings. The zero-order chi connectivity index (χ0) is 23.8. The van der Waals surface area contributed by atoms with Crippen LogP contribution >= 0.6 is 56.5 Å². The highest BCUT2D eigenvalue weighted by atomic mass is 127. The van der Waals surface area contributed by atoms with Crippen molar-refractivity contribution in [3.63, 3.8) is 0 Å². The Kier molecular flexibility index (Phi) is 6.71. The van der Waals surface area contributed by atoms with Crippen LogP contribution < -0.4 is 11.0 Å². The molecule has 0 unspecified atom stereocenters. The van der Waals surface area contributed by atoms with Gasteiger partial charge in [0.2, 0.25) is 0 Å². The highest BCUT2D eigenvalue weighted by Crippen LogP contribution is 2.33. The molecule has 0 saturated heterocycles. The first kappa shape index (κ1) is 23.4. The Hall–Kier alpha value is -2.32. The Morgan fingerprint density at radius 1 is 1.18 bits per heavy atom. The zero-order valence-electron chi connectivity index (χ0n) is 17.7. The molecule has 5 rings (SSSR count). The van der Waals surface area contributed by atoms with Gasteiger partial charge in [0.1, 0.15) is 16.9 Å². The van der Waals surface area contributed by atoms with Crippen molar-refractivity contribution in [3.8, 4) is 11.4 Å². The van der Waals surface area contributed by atoms with Gasteiger partial charge < -0.3 is 5.11 Å². The Balaban J connectivity index is 1.40. The fourth-order valence-corrected chi connectivity index (χ4v) is 7.05. The number of rotatable bonds is 4. The summed E-state index contributed by atoms with van der Waals surface area (Å²) >= 11 is 5.70. The van der Waals surface area contributed by atoms with Gasteiger partial charge in [-0.2, -0.15) is 5.10 Å². The van der Waals surface area contributed by atoms with Gasteiger partial charge in [-0.3, -0.25) is 14.2 Å². The predicted molar refractivity (Wildman–Crippen MR) is 150 cm³/mol. The van der Waals surface area contributed by atoms with Crippen LogP contribution in [0.3, 0.4) is 0 Å². The number of amides is 1. The van der Waals surface area contributed by atoms with Gasteiger partial charge in [-0.1, -0.05) is 6.07 Å². The monoisotopic (exact) mass is 696 g/mol. The third kappa shape index (κ3) is 4.50. The van der Waals surface area contributed by atoms with E-state index < -0.39 is 5.91 Å². The van der Waals surface area contributed by atoms with E-state index in [0.29, 0.717) is 23.8 Å². The van der Waals surface area contributed by atoms with E-state index >= 15 is 0 Å². The molecule has 34 heavy (non-hydrogen) atoms. The number of carbonyl (C=O) groups excluding carboxylic acids is 1. The summed E-state index contributed by atoms with van der Waals surface area (Å²) in [5.41, 5.74) is 5.27. The summed E-state index contributed by atoms with van der Waals surface area (Å²) in [4.78, 5) is 32.6. The van der Waals surface area contributed by atoms with E-state index in [-0.39, 0.29) is 11.3 Å². The van der Waals surface area contributed by atoms with Gasteiger partial charge in [0.15, 0.2) is 0 Å². The van der Waals surface area contributed by atoms with Crippen LogP contribution in [-0.2, 0) is 12.8 Å². The van der Waals surface area contributed by atoms with Crippen LogP contribution in [-0.4, -0.2) is 26.8 Å². The van der Waals surface area contributed by atoms with E-state index in [9.17, 15) is 14.7 Å². The lowest BCUT2D eigenvalue weighted by Crippen LogP contribution is -2.21. The Morgan fingerprint density at radius 2 is 1.94 bits per heavy atom. The van der Waals surface area contributed by atoms with Crippen molar-refractivity contribution in [2.45, 2.75) is 25.7 Å². The quantitative estimate of drug-likeness (QED) is 0.178. The first-order valence-corrected chi connectivity index (χ1v) is 13.5. The molecule has 0 saturated carbocycles. The number of halogens is 2. The number of hydrazone groups is 1. The molecule has 10 heteroatoms. The van der Waals surface area contributed by atoms with Crippen molar-refractivity contribution in [2.75, 3.05) is 0 Å². The predicted octanol–water partition coefficient (Wildman–Crippen LogP) is 5.00. The van der Waals surface area contributed by atoms with Crippen molar-refractivity contribution in [1.82, 2.24) is 15.0 Å². The summed E-state index contributed by atoms with van der Waals surface area (Å²) in [5.74, 6) is -0.165. The molecule has 172 valence electrons. The van der Waals surface area contributed by atoms with Crippen LogP contribution in [0.1, 0.15) is 39.2 Å². The number of benzene rings is 2. The fourth-order valence-electron chi connectivity index (χ4n) is 4.02. The van der Waals surface area contributed by atoms with Crippen LogP contribution in [0.25, 0.3) is 15.9 Å². The molecule has 2 aromatic carbocycles. The number of phenols is 1. The molecule has 4 aromatic rings. The molecule has 2 aromatic heterocycles. The minimum Gasteiger partial charge on any atom is -0.506 e. The van der Waals surface area contributed by atoms with Crippen LogP contribution in [0.2, 0.25) is 0 Å². The summed E-state index contributed by atoms with van der Waals surface area (Å²) in [6, 6.07) is 10.4. The molecule has 0 atom stereocenters. The van der Waals surface area contributed by atoms with E-state index in [4.69, 9.17) is 0 Å². The molecule has 2 heterocycles. The van der Waals surface area contributed by atoms with Crippen LogP contribution in [0.5, 0.6) is 5.75 Å². The number of carbonyl (C=O) groups is 1. The molecule has 1 amide bonds. The molecular weight excluding hydrogens is 678 g/mol. The van der Waals surface area contributed by atoms with E-state index in [2.05, 4.69) is 15.5 Å². The van der Waals surface area contributed by atoms with Crippen molar-refractivity contribution in [2.24, 2.45) is 5.10 Å². The van der Waals surface area contributed by atoms with E-state index in [1.54, 1.807) is 47.7 Å². The lowest BCUT2D eigenvalue weighted by molar-refractivity contribution is 0.0955. The van der Waals surface area contributed by atoms with Crippen LogP contribution in [0, 0.1) is 7.14 Å². The number of nitrogens with one attached hydrogen (secondary N) is 1. The minimum absolute atomic E-state index is 0.100. The largest absolute Gasteiger partial charge is 0.506 e. The SMILES string of the molecule is O=C(N/N=C/c1cc(I)c(O)c(I)c1)c1cccc(-n2cnc3sc4c(c3c2=O)CCCC4)c1. The highest BCUT2D eigenvalue weighted by molar-refractivity contribution is 14.1. The summed E-state index contributed by atoms with van der Waals surface area (Å²) < 4.78 is 2.91. The average molecular weight is 696 g/mol. The second kappa shape index (κ2) is 9.74. The molecule has 0 fully saturated rings. The normalized spacial score (nSPS) is 13.4. The third-order valence-electron chi connectivity index (χ3n) is 5.68. The second-order valence-corrected chi connectivity index (χ2v) is 11.3. The molecule has 0 radical (unpaired) electrons. The van der Waals surface area contributed by atoms with Gasteiger partial charge in [0, 0.05) is 10.4 Å². The number of aromatic hydroxyl groups is 1. The van der Waals surface area contributed by atoms with Crippen molar-refractivity contribution >= 4 is 78.9 Å². The number of aromatic nitrogens is 2.